The Morgan fingerprint density at radius 3 is 2.24 bits per heavy atom. The van der Waals surface area contributed by atoms with Crippen molar-refractivity contribution in [2.75, 3.05) is 4.72 Å². The number of nitrogens with two attached hydrogens (primary N) is 1. The lowest BCUT2D eigenvalue weighted by Crippen LogP contribution is -2.15. The Labute approximate surface area is 125 Å². The SMILES string of the molecule is NC(=S)c1ccc(S(=O)(=O)Nc2ccc(F)cc2F)cc1. The topological polar surface area (TPSA) is 72.2 Å². The van der Waals surface area contributed by atoms with E-state index in [2.05, 4.69) is 0 Å². The van der Waals surface area contributed by atoms with Gasteiger partial charge in [0.05, 0.1) is 10.6 Å². The van der Waals surface area contributed by atoms with E-state index >= 15 is 0 Å². The summed E-state index contributed by atoms with van der Waals surface area (Å²) < 4.78 is 52.5. The molecular weight excluding hydrogens is 318 g/mol. The minimum Gasteiger partial charge on any atom is -0.389 e. The van der Waals surface area contributed by atoms with Crippen LogP contribution in [0.3, 0.4) is 0 Å². The quantitative estimate of drug-likeness (QED) is 0.846. The molecule has 2 aromatic rings. The number of hydrogen-bond acceptors (Lipinski definition) is 3. The van der Waals surface area contributed by atoms with Gasteiger partial charge in [-0.25, -0.2) is 17.2 Å². The second kappa shape index (κ2) is 5.74. The van der Waals surface area contributed by atoms with Gasteiger partial charge in [0.15, 0.2) is 0 Å². The number of hydrogen-bond donors (Lipinski definition) is 2. The van der Waals surface area contributed by atoms with Crippen molar-refractivity contribution in [2.24, 2.45) is 5.73 Å². The molecule has 0 amide bonds. The second-order valence-electron chi connectivity index (χ2n) is 4.12. The van der Waals surface area contributed by atoms with E-state index < -0.39 is 21.7 Å². The molecule has 2 rings (SSSR count). The normalized spacial score (nSPS) is 11.1. The van der Waals surface area contributed by atoms with Crippen LogP contribution in [0, 0.1) is 11.6 Å². The molecule has 0 unspecified atom stereocenters. The highest BCUT2D eigenvalue weighted by Gasteiger charge is 2.16. The van der Waals surface area contributed by atoms with Crippen molar-refractivity contribution in [3.8, 4) is 0 Å². The Balaban J connectivity index is 2.31. The van der Waals surface area contributed by atoms with Crippen LogP contribution in [-0.4, -0.2) is 13.4 Å². The average Bonchev–Trinajstić information content (AvgIpc) is 2.42. The van der Waals surface area contributed by atoms with Crippen molar-refractivity contribution in [1.29, 1.82) is 0 Å². The van der Waals surface area contributed by atoms with Gasteiger partial charge in [-0.3, -0.25) is 4.72 Å². The molecule has 0 radical (unpaired) electrons. The van der Waals surface area contributed by atoms with Gasteiger partial charge in [-0.2, -0.15) is 0 Å². The van der Waals surface area contributed by atoms with E-state index in [0.29, 0.717) is 11.6 Å². The molecule has 4 nitrogen and oxygen atoms in total. The molecule has 110 valence electrons. The van der Waals surface area contributed by atoms with Gasteiger partial charge in [0.1, 0.15) is 16.6 Å². The summed E-state index contributed by atoms with van der Waals surface area (Å²) >= 11 is 4.76. The fourth-order valence-electron chi connectivity index (χ4n) is 1.57. The highest BCUT2D eigenvalue weighted by Crippen LogP contribution is 2.20. The van der Waals surface area contributed by atoms with Crippen molar-refractivity contribution >= 4 is 32.9 Å². The Morgan fingerprint density at radius 1 is 1.10 bits per heavy atom. The van der Waals surface area contributed by atoms with Crippen LogP contribution in [0.2, 0.25) is 0 Å². The fourth-order valence-corrected chi connectivity index (χ4v) is 2.78. The standard InChI is InChI=1S/C13H10F2N2O2S2/c14-9-3-6-12(11(15)7-9)17-21(18,19)10-4-1-8(2-5-10)13(16)20/h1-7,17H,(H2,16,20). The molecule has 0 aliphatic heterocycles. The summed E-state index contributed by atoms with van der Waals surface area (Å²) in [6.45, 7) is 0. The summed E-state index contributed by atoms with van der Waals surface area (Å²) in [6, 6.07) is 8.02. The predicted molar refractivity (Wildman–Crippen MR) is 79.5 cm³/mol. The zero-order chi connectivity index (χ0) is 15.6. The molecule has 0 aliphatic carbocycles. The maximum absolute atomic E-state index is 13.5. The summed E-state index contributed by atoms with van der Waals surface area (Å²) in [4.78, 5) is 0.0442. The summed E-state index contributed by atoms with van der Waals surface area (Å²) in [5.74, 6) is -1.80. The van der Waals surface area contributed by atoms with E-state index in [1.807, 2.05) is 4.72 Å². The predicted octanol–water partition coefficient (Wildman–Crippen LogP) is 2.40. The Morgan fingerprint density at radius 2 is 1.71 bits per heavy atom. The van der Waals surface area contributed by atoms with E-state index in [9.17, 15) is 17.2 Å². The van der Waals surface area contributed by atoms with Crippen LogP contribution in [0.15, 0.2) is 47.4 Å². The van der Waals surface area contributed by atoms with Crippen molar-refractivity contribution in [3.05, 3.63) is 59.7 Å². The highest BCUT2D eigenvalue weighted by atomic mass is 32.2. The van der Waals surface area contributed by atoms with E-state index in [-0.39, 0.29) is 15.6 Å². The Bertz CT molecular complexity index is 790. The van der Waals surface area contributed by atoms with Crippen LogP contribution in [0.25, 0.3) is 0 Å². The number of benzene rings is 2. The summed E-state index contributed by atoms with van der Waals surface area (Å²) in [5.41, 5.74) is 5.58. The van der Waals surface area contributed by atoms with Crippen molar-refractivity contribution in [3.63, 3.8) is 0 Å². The third-order valence-electron chi connectivity index (χ3n) is 2.62. The molecule has 0 aromatic heterocycles. The maximum Gasteiger partial charge on any atom is 0.261 e. The maximum atomic E-state index is 13.5. The van der Waals surface area contributed by atoms with Gasteiger partial charge in [0.2, 0.25) is 0 Å². The first-order chi connectivity index (χ1) is 9.79. The lowest BCUT2D eigenvalue weighted by Gasteiger charge is -2.09. The van der Waals surface area contributed by atoms with Gasteiger partial charge in [-0.15, -0.1) is 0 Å². The van der Waals surface area contributed by atoms with Crippen LogP contribution in [-0.2, 0) is 10.0 Å². The first-order valence-electron chi connectivity index (χ1n) is 5.67. The molecule has 0 spiro atoms. The minimum absolute atomic E-state index is 0.0915. The van der Waals surface area contributed by atoms with Crippen molar-refractivity contribution < 1.29 is 17.2 Å². The third-order valence-corrected chi connectivity index (χ3v) is 4.24. The van der Waals surface area contributed by atoms with Gasteiger partial charge in [0.25, 0.3) is 10.0 Å². The van der Waals surface area contributed by atoms with Crippen LogP contribution < -0.4 is 10.5 Å². The molecule has 21 heavy (non-hydrogen) atoms. The zero-order valence-electron chi connectivity index (χ0n) is 10.5. The molecule has 0 saturated heterocycles. The lowest BCUT2D eigenvalue weighted by atomic mass is 10.2. The average molecular weight is 328 g/mol. The molecule has 0 atom stereocenters. The smallest absolute Gasteiger partial charge is 0.261 e. The molecule has 0 bridgehead atoms. The molecule has 0 aliphatic rings. The first-order valence-corrected chi connectivity index (χ1v) is 7.56. The zero-order valence-corrected chi connectivity index (χ0v) is 12.1. The summed E-state index contributed by atoms with van der Waals surface area (Å²) in [6.07, 6.45) is 0. The lowest BCUT2D eigenvalue weighted by molar-refractivity contribution is 0.583. The molecule has 0 fully saturated rings. The fraction of sp³-hybridized carbons (Fsp3) is 0. The van der Waals surface area contributed by atoms with Gasteiger partial charge in [-0.05, 0) is 24.3 Å². The van der Waals surface area contributed by atoms with E-state index in [1.165, 1.54) is 24.3 Å². The molecule has 3 N–H and O–H groups in total. The van der Waals surface area contributed by atoms with Gasteiger partial charge >= 0.3 is 0 Å². The van der Waals surface area contributed by atoms with E-state index in [1.54, 1.807) is 0 Å². The molecule has 2 aromatic carbocycles. The number of anilines is 1. The number of sulfonamides is 1. The van der Waals surface area contributed by atoms with E-state index in [4.69, 9.17) is 18.0 Å². The van der Waals surface area contributed by atoms with Gasteiger partial charge in [-0.1, -0.05) is 24.4 Å². The highest BCUT2D eigenvalue weighted by molar-refractivity contribution is 7.92. The Kier molecular flexibility index (Phi) is 4.19. The van der Waals surface area contributed by atoms with Gasteiger partial charge < -0.3 is 5.73 Å². The van der Waals surface area contributed by atoms with Gasteiger partial charge in [0, 0.05) is 11.6 Å². The number of nitrogens with one attached hydrogen (secondary N) is 1. The van der Waals surface area contributed by atoms with E-state index in [0.717, 1.165) is 12.1 Å². The third kappa shape index (κ3) is 3.53. The summed E-state index contributed by atoms with van der Waals surface area (Å²) in [5, 5.41) is 0. The number of rotatable bonds is 4. The number of thiocarbonyl (C=S) groups is 1. The molecular formula is C13H10F2N2O2S2. The minimum atomic E-state index is -3.99. The number of halogens is 2. The van der Waals surface area contributed by atoms with Crippen LogP contribution in [0.5, 0.6) is 0 Å². The molecule has 8 heteroatoms. The van der Waals surface area contributed by atoms with Crippen molar-refractivity contribution in [2.45, 2.75) is 4.90 Å². The van der Waals surface area contributed by atoms with Crippen LogP contribution in [0.4, 0.5) is 14.5 Å². The largest absolute Gasteiger partial charge is 0.389 e. The molecule has 0 saturated carbocycles. The van der Waals surface area contributed by atoms with Crippen LogP contribution in [0.1, 0.15) is 5.56 Å². The second-order valence-corrected chi connectivity index (χ2v) is 6.24. The van der Waals surface area contributed by atoms with Crippen LogP contribution >= 0.6 is 12.2 Å². The summed E-state index contributed by atoms with van der Waals surface area (Å²) in [7, 11) is -3.99. The monoisotopic (exact) mass is 328 g/mol. The molecule has 0 heterocycles. The van der Waals surface area contributed by atoms with Crippen molar-refractivity contribution in [1.82, 2.24) is 0 Å². The Hall–Kier alpha value is -2.06. The first kappa shape index (κ1) is 15.3.